The van der Waals surface area contributed by atoms with Crippen LogP contribution in [0.3, 0.4) is 0 Å². The Bertz CT molecular complexity index is 669. The maximum atomic E-state index is 12.8. The summed E-state index contributed by atoms with van der Waals surface area (Å²) in [6, 6.07) is 14.1. The van der Waals surface area contributed by atoms with Crippen molar-refractivity contribution in [1.29, 1.82) is 0 Å². The van der Waals surface area contributed by atoms with Crippen molar-refractivity contribution in [3.63, 3.8) is 0 Å². The van der Waals surface area contributed by atoms with Crippen LogP contribution in [0.4, 0.5) is 4.39 Å². The molecular formula is C18H18FNO2. The van der Waals surface area contributed by atoms with Crippen LogP contribution < -0.4 is 10.1 Å². The number of rotatable bonds is 5. The molecule has 2 atom stereocenters. The molecule has 22 heavy (non-hydrogen) atoms. The van der Waals surface area contributed by atoms with E-state index >= 15 is 0 Å². The highest BCUT2D eigenvalue weighted by molar-refractivity contribution is 5.79. The van der Waals surface area contributed by atoms with Gasteiger partial charge in [-0.1, -0.05) is 30.3 Å². The van der Waals surface area contributed by atoms with Gasteiger partial charge in [-0.05, 0) is 35.7 Å². The fourth-order valence-electron chi connectivity index (χ4n) is 2.72. The van der Waals surface area contributed by atoms with Crippen LogP contribution in [-0.4, -0.2) is 19.1 Å². The topological polar surface area (TPSA) is 38.3 Å². The van der Waals surface area contributed by atoms with Gasteiger partial charge in [0.2, 0.25) is 5.91 Å². The number of hydrogen-bond acceptors (Lipinski definition) is 2. The highest BCUT2D eigenvalue weighted by atomic mass is 19.1. The molecule has 0 aliphatic heterocycles. The van der Waals surface area contributed by atoms with Crippen molar-refractivity contribution < 1.29 is 13.9 Å². The Kier molecular flexibility index (Phi) is 4.09. The average Bonchev–Trinajstić information content (AvgIpc) is 3.28. The summed E-state index contributed by atoms with van der Waals surface area (Å²) in [5, 5.41) is 3.03. The minimum absolute atomic E-state index is 0.0333. The molecule has 4 heteroatoms. The van der Waals surface area contributed by atoms with Crippen LogP contribution in [0.1, 0.15) is 23.5 Å². The molecule has 0 spiro atoms. The highest BCUT2D eigenvalue weighted by Gasteiger charge is 2.40. The van der Waals surface area contributed by atoms with Crippen molar-refractivity contribution in [2.45, 2.75) is 24.8 Å². The summed E-state index contributed by atoms with van der Waals surface area (Å²) in [4.78, 5) is 12.0. The number of halogens is 1. The van der Waals surface area contributed by atoms with Gasteiger partial charge < -0.3 is 10.1 Å². The molecule has 3 nitrogen and oxygen atoms in total. The number of carbonyl (C=O) groups is 1. The third-order valence-electron chi connectivity index (χ3n) is 3.95. The molecule has 0 aromatic heterocycles. The number of carbonyl (C=O) groups excluding carboxylic acids is 1. The molecule has 0 saturated heterocycles. The second-order valence-electron chi connectivity index (χ2n) is 5.56. The van der Waals surface area contributed by atoms with Crippen molar-refractivity contribution >= 4 is 5.91 Å². The molecule has 0 heterocycles. The zero-order chi connectivity index (χ0) is 15.5. The maximum absolute atomic E-state index is 12.8. The lowest BCUT2D eigenvalue weighted by Gasteiger charge is -2.08. The van der Waals surface area contributed by atoms with E-state index in [-0.39, 0.29) is 24.2 Å². The Hall–Kier alpha value is -2.36. The maximum Gasteiger partial charge on any atom is 0.224 e. The third-order valence-corrected chi connectivity index (χ3v) is 3.95. The first-order valence-corrected chi connectivity index (χ1v) is 7.34. The summed E-state index contributed by atoms with van der Waals surface area (Å²) < 4.78 is 18.2. The monoisotopic (exact) mass is 299 g/mol. The van der Waals surface area contributed by atoms with Gasteiger partial charge in [0.1, 0.15) is 11.6 Å². The largest absolute Gasteiger partial charge is 0.496 e. The molecule has 3 rings (SSSR count). The molecule has 1 aliphatic rings. The van der Waals surface area contributed by atoms with Crippen molar-refractivity contribution in [2.24, 2.45) is 0 Å². The summed E-state index contributed by atoms with van der Waals surface area (Å²) in [6.45, 7) is 0. The summed E-state index contributed by atoms with van der Waals surface area (Å²) in [5.41, 5.74) is 1.95. The van der Waals surface area contributed by atoms with Crippen LogP contribution in [0.5, 0.6) is 5.75 Å². The lowest BCUT2D eigenvalue weighted by molar-refractivity contribution is -0.120. The highest BCUT2D eigenvalue weighted by Crippen LogP contribution is 2.44. The number of ether oxygens (including phenoxy) is 1. The number of para-hydroxylation sites is 1. The molecule has 2 aromatic carbocycles. The summed E-state index contributed by atoms with van der Waals surface area (Å²) >= 11 is 0. The summed E-state index contributed by atoms with van der Waals surface area (Å²) in [6.07, 6.45) is 1.20. The first kappa shape index (κ1) is 14.6. The van der Waals surface area contributed by atoms with E-state index < -0.39 is 0 Å². The third kappa shape index (κ3) is 3.27. The predicted molar refractivity (Wildman–Crippen MR) is 82.4 cm³/mol. The number of amides is 1. The Balaban J connectivity index is 1.57. The smallest absolute Gasteiger partial charge is 0.224 e. The van der Waals surface area contributed by atoms with Crippen LogP contribution in [0.15, 0.2) is 48.5 Å². The van der Waals surface area contributed by atoms with E-state index in [1.165, 1.54) is 12.1 Å². The van der Waals surface area contributed by atoms with Gasteiger partial charge in [0, 0.05) is 12.0 Å². The number of nitrogens with one attached hydrogen (secondary N) is 1. The second-order valence-corrected chi connectivity index (χ2v) is 5.56. The van der Waals surface area contributed by atoms with Gasteiger partial charge in [0.05, 0.1) is 13.5 Å². The van der Waals surface area contributed by atoms with Crippen LogP contribution in [0.25, 0.3) is 0 Å². The van der Waals surface area contributed by atoms with Gasteiger partial charge in [-0.15, -0.1) is 0 Å². The van der Waals surface area contributed by atoms with E-state index in [0.29, 0.717) is 5.92 Å². The van der Waals surface area contributed by atoms with Crippen molar-refractivity contribution in [1.82, 2.24) is 5.32 Å². The van der Waals surface area contributed by atoms with Gasteiger partial charge in [-0.2, -0.15) is 0 Å². The average molecular weight is 299 g/mol. The molecule has 1 amide bonds. The lowest BCUT2D eigenvalue weighted by Crippen LogP contribution is -2.28. The van der Waals surface area contributed by atoms with Crippen molar-refractivity contribution in [3.05, 3.63) is 65.5 Å². The zero-order valence-electron chi connectivity index (χ0n) is 12.4. The molecule has 1 aliphatic carbocycles. The van der Waals surface area contributed by atoms with Gasteiger partial charge in [0.15, 0.2) is 0 Å². The Morgan fingerprint density at radius 1 is 1.23 bits per heavy atom. The first-order chi connectivity index (χ1) is 10.7. The van der Waals surface area contributed by atoms with Crippen LogP contribution >= 0.6 is 0 Å². The molecular weight excluding hydrogens is 281 g/mol. The van der Waals surface area contributed by atoms with E-state index in [9.17, 15) is 9.18 Å². The number of hydrogen-bond donors (Lipinski definition) is 1. The van der Waals surface area contributed by atoms with E-state index in [2.05, 4.69) is 5.32 Å². The summed E-state index contributed by atoms with van der Waals surface area (Å²) in [7, 11) is 1.66. The molecule has 1 saturated carbocycles. The molecule has 114 valence electrons. The minimum atomic E-state index is -0.289. The SMILES string of the molecule is COc1ccccc1[C@H]1C[C@@H]1NC(=O)Cc1ccc(F)cc1. The molecule has 0 bridgehead atoms. The van der Waals surface area contributed by atoms with E-state index in [0.717, 1.165) is 23.3 Å². The second kappa shape index (κ2) is 6.18. The van der Waals surface area contributed by atoms with Gasteiger partial charge in [-0.3, -0.25) is 4.79 Å². The zero-order valence-corrected chi connectivity index (χ0v) is 12.4. The minimum Gasteiger partial charge on any atom is -0.496 e. The number of methoxy groups -OCH3 is 1. The van der Waals surface area contributed by atoms with E-state index in [1.54, 1.807) is 19.2 Å². The molecule has 2 aromatic rings. The van der Waals surface area contributed by atoms with Gasteiger partial charge >= 0.3 is 0 Å². The Morgan fingerprint density at radius 3 is 2.68 bits per heavy atom. The normalized spacial score (nSPS) is 19.5. The van der Waals surface area contributed by atoms with Crippen molar-refractivity contribution in [2.75, 3.05) is 7.11 Å². The van der Waals surface area contributed by atoms with Crippen molar-refractivity contribution in [3.8, 4) is 5.75 Å². The predicted octanol–water partition coefficient (Wildman–Crippen LogP) is 3.05. The van der Waals surface area contributed by atoms with Gasteiger partial charge in [-0.25, -0.2) is 4.39 Å². The van der Waals surface area contributed by atoms with Crippen LogP contribution in [0.2, 0.25) is 0 Å². The quantitative estimate of drug-likeness (QED) is 0.921. The van der Waals surface area contributed by atoms with E-state index in [1.807, 2.05) is 24.3 Å². The van der Waals surface area contributed by atoms with Gasteiger partial charge in [0.25, 0.3) is 0 Å². The Labute approximate surface area is 129 Å². The van der Waals surface area contributed by atoms with Crippen LogP contribution in [-0.2, 0) is 11.2 Å². The lowest BCUT2D eigenvalue weighted by atomic mass is 10.1. The molecule has 1 fully saturated rings. The fourth-order valence-corrected chi connectivity index (χ4v) is 2.72. The summed E-state index contributed by atoms with van der Waals surface area (Å²) in [5.74, 6) is 0.854. The van der Waals surface area contributed by atoms with E-state index in [4.69, 9.17) is 4.74 Å². The molecule has 1 N–H and O–H groups in total. The van der Waals surface area contributed by atoms with Crippen LogP contribution in [0, 0.1) is 5.82 Å². The Morgan fingerprint density at radius 2 is 1.95 bits per heavy atom. The standard InChI is InChI=1S/C18H18FNO2/c1-22-17-5-3-2-4-14(17)15-11-16(15)20-18(21)10-12-6-8-13(19)9-7-12/h2-9,15-16H,10-11H2,1H3,(H,20,21)/t15-,16+/m1/s1. The fraction of sp³-hybridized carbons (Fsp3) is 0.278. The first-order valence-electron chi connectivity index (χ1n) is 7.34. The molecule has 0 radical (unpaired) electrons. The number of benzene rings is 2. The molecule has 0 unspecified atom stereocenters.